The number of amides is 1. The number of aliphatic hydroxyl groups is 1. The fourth-order valence-corrected chi connectivity index (χ4v) is 4.65. The Bertz CT molecular complexity index is 948. The Hall–Kier alpha value is -2.45. The molecule has 2 aromatic rings. The second kappa shape index (κ2) is 9.58. The third kappa shape index (κ3) is 5.30. The van der Waals surface area contributed by atoms with Gasteiger partial charge in [0, 0.05) is 32.2 Å². The molecule has 5 rings (SSSR count). The van der Waals surface area contributed by atoms with Crippen molar-refractivity contribution in [1.82, 2.24) is 15.1 Å². The van der Waals surface area contributed by atoms with Crippen molar-refractivity contribution in [3.8, 4) is 11.5 Å². The Balaban J connectivity index is 1.41. The summed E-state index contributed by atoms with van der Waals surface area (Å²) in [6, 6.07) is 16.4. The van der Waals surface area contributed by atoms with E-state index in [1.54, 1.807) is 0 Å². The number of hydrogen-bond donors (Lipinski definition) is 2. The smallest absolute Gasteiger partial charge is 0.234 e. The third-order valence-corrected chi connectivity index (χ3v) is 6.40. The molecule has 1 amide bonds. The van der Waals surface area contributed by atoms with E-state index in [0.717, 1.165) is 42.0 Å². The Kier molecular flexibility index (Phi) is 6.41. The number of carbonyl (C=O) groups is 1. The van der Waals surface area contributed by atoms with Crippen LogP contribution in [-0.4, -0.2) is 71.8 Å². The number of benzene rings is 2. The molecule has 2 atom stereocenters. The van der Waals surface area contributed by atoms with Crippen molar-refractivity contribution in [2.24, 2.45) is 0 Å². The molecule has 0 aromatic heterocycles. The van der Waals surface area contributed by atoms with Gasteiger partial charge in [-0.05, 0) is 48.2 Å². The average molecular weight is 438 g/mol. The monoisotopic (exact) mass is 437 g/mol. The number of nitrogens with one attached hydrogen (secondary N) is 1. The first-order valence-electron chi connectivity index (χ1n) is 11.5. The fourth-order valence-electron chi connectivity index (χ4n) is 4.65. The number of carbonyl (C=O) groups excluding carboxylic acids is 1. The van der Waals surface area contributed by atoms with Gasteiger partial charge in [-0.15, -0.1) is 0 Å². The van der Waals surface area contributed by atoms with Crippen molar-refractivity contribution in [1.29, 1.82) is 0 Å². The Morgan fingerprint density at radius 1 is 1.00 bits per heavy atom. The highest BCUT2D eigenvalue weighted by Crippen LogP contribution is 2.30. The third-order valence-electron chi connectivity index (χ3n) is 6.40. The van der Waals surface area contributed by atoms with E-state index in [9.17, 15) is 9.90 Å². The number of β-amino-alcohol motifs (C(OH)–C–C–N with tert-alkyl or cyclic N) is 1. The van der Waals surface area contributed by atoms with Crippen LogP contribution in [0.2, 0.25) is 0 Å². The van der Waals surface area contributed by atoms with Crippen molar-refractivity contribution in [3.05, 3.63) is 59.7 Å². The van der Waals surface area contributed by atoms with Crippen LogP contribution in [0.3, 0.4) is 0 Å². The van der Waals surface area contributed by atoms with Crippen LogP contribution in [0.1, 0.15) is 24.0 Å². The molecule has 7 heteroatoms. The van der Waals surface area contributed by atoms with Crippen LogP contribution in [-0.2, 0) is 22.7 Å². The van der Waals surface area contributed by atoms with Gasteiger partial charge in [-0.25, -0.2) is 0 Å². The van der Waals surface area contributed by atoms with Crippen molar-refractivity contribution in [2.75, 3.05) is 32.8 Å². The maximum absolute atomic E-state index is 13.0. The molecule has 3 aliphatic rings. The summed E-state index contributed by atoms with van der Waals surface area (Å²) in [5, 5.41) is 12.6. The Morgan fingerprint density at radius 2 is 1.75 bits per heavy atom. The summed E-state index contributed by atoms with van der Waals surface area (Å²) >= 11 is 0. The van der Waals surface area contributed by atoms with Gasteiger partial charge in [-0.2, -0.15) is 0 Å². The second-order valence-electron chi connectivity index (χ2n) is 9.04. The van der Waals surface area contributed by atoms with Crippen LogP contribution in [0.15, 0.2) is 48.5 Å². The van der Waals surface area contributed by atoms with Gasteiger partial charge in [-0.1, -0.05) is 24.3 Å². The Labute approximate surface area is 188 Å². The van der Waals surface area contributed by atoms with Gasteiger partial charge < -0.3 is 19.9 Å². The first kappa shape index (κ1) is 21.4. The number of rotatable bonds is 3. The van der Waals surface area contributed by atoms with E-state index in [0.29, 0.717) is 38.8 Å². The van der Waals surface area contributed by atoms with Crippen LogP contribution in [0.25, 0.3) is 0 Å². The number of ether oxygens (including phenoxy) is 2. The van der Waals surface area contributed by atoms with Crippen molar-refractivity contribution < 1.29 is 19.4 Å². The number of hydrogen-bond acceptors (Lipinski definition) is 6. The van der Waals surface area contributed by atoms with E-state index in [2.05, 4.69) is 27.2 Å². The first-order valence-corrected chi connectivity index (χ1v) is 11.5. The molecule has 170 valence electrons. The van der Waals surface area contributed by atoms with Gasteiger partial charge in [0.2, 0.25) is 5.91 Å². The zero-order valence-corrected chi connectivity index (χ0v) is 18.3. The molecule has 1 aliphatic carbocycles. The van der Waals surface area contributed by atoms with Gasteiger partial charge in [0.05, 0.1) is 31.9 Å². The number of aliphatic hydroxyl groups excluding tert-OH is 1. The van der Waals surface area contributed by atoms with Gasteiger partial charge in [0.25, 0.3) is 0 Å². The van der Waals surface area contributed by atoms with Gasteiger partial charge in [-0.3, -0.25) is 14.6 Å². The lowest BCUT2D eigenvalue weighted by Gasteiger charge is -2.25. The van der Waals surface area contributed by atoms with E-state index in [-0.39, 0.29) is 24.7 Å². The highest BCUT2D eigenvalue weighted by atomic mass is 16.5. The van der Waals surface area contributed by atoms with E-state index >= 15 is 0 Å². The molecule has 4 bridgehead atoms. The van der Waals surface area contributed by atoms with Crippen LogP contribution >= 0.6 is 0 Å². The van der Waals surface area contributed by atoms with Gasteiger partial charge in [0.15, 0.2) is 0 Å². The topological polar surface area (TPSA) is 74.3 Å². The minimum absolute atomic E-state index is 0.0304. The average Bonchev–Trinajstić information content (AvgIpc) is 3.55. The Morgan fingerprint density at radius 3 is 2.50 bits per heavy atom. The zero-order chi connectivity index (χ0) is 21.9. The summed E-state index contributed by atoms with van der Waals surface area (Å²) in [6.45, 7) is 3.59. The summed E-state index contributed by atoms with van der Waals surface area (Å²) < 4.78 is 12.4. The second-order valence-corrected chi connectivity index (χ2v) is 9.04. The summed E-state index contributed by atoms with van der Waals surface area (Å²) in [7, 11) is 0. The molecular weight excluding hydrogens is 406 g/mol. The molecule has 2 aliphatic heterocycles. The first-order chi connectivity index (χ1) is 15.7. The molecule has 2 fully saturated rings. The summed E-state index contributed by atoms with van der Waals surface area (Å²) in [6.07, 6.45) is 2.15. The highest BCUT2D eigenvalue weighted by molar-refractivity contribution is 5.78. The summed E-state index contributed by atoms with van der Waals surface area (Å²) in [5.74, 6) is 1.61. The molecule has 0 unspecified atom stereocenters. The molecule has 7 nitrogen and oxygen atoms in total. The molecule has 2 heterocycles. The summed E-state index contributed by atoms with van der Waals surface area (Å²) in [4.78, 5) is 17.4. The van der Waals surface area contributed by atoms with Gasteiger partial charge in [0.1, 0.15) is 11.5 Å². The van der Waals surface area contributed by atoms with E-state index < -0.39 is 0 Å². The lowest BCUT2D eigenvalue weighted by molar-refractivity contribution is -0.124. The van der Waals surface area contributed by atoms with E-state index in [1.165, 1.54) is 0 Å². The SMILES string of the molecule is O=C1CN(C2CC2)Cc2cccc(c2)Oc2cccc(c2)CO[C@H]2CN(CCO)C[C@@H]2N1. The molecule has 32 heavy (non-hydrogen) atoms. The molecule has 0 radical (unpaired) electrons. The van der Waals surface area contributed by atoms with Crippen LogP contribution in [0.5, 0.6) is 11.5 Å². The molecule has 0 spiro atoms. The summed E-state index contributed by atoms with van der Waals surface area (Å²) in [5.41, 5.74) is 2.16. The largest absolute Gasteiger partial charge is 0.457 e. The molecule has 2 N–H and O–H groups in total. The van der Waals surface area contributed by atoms with Crippen LogP contribution in [0, 0.1) is 0 Å². The van der Waals surface area contributed by atoms with Crippen LogP contribution < -0.4 is 10.1 Å². The maximum atomic E-state index is 13.0. The normalized spacial score (nSPS) is 25.1. The number of likely N-dealkylation sites (tertiary alicyclic amines) is 1. The molecule has 1 saturated carbocycles. The van der Waals surface area contributed by atoms with Crippen molar-refractivity contribution >= 4 is 5.91 Å². The lowest BCUT2D eigenvalue weighted by atomic mass is 10.1. The predicted molar refractivity (Wildman–Crippen MR) is 120 cm³/mol. The molecule has 1 saturated heterocycles. The van der Waals surface area contributed by atoms with Gasteiger partial charge >= 0.3 is 0 Å². The number of fused-ring (bicyclic) bond motifs is 5. The quantitative estimate of drug-likeness (QED) is 0.767. The zero-order valence-electron chi connectivity index (χ0n) is 18.3. The van der Waals surface area contributed by atoms with E-state index in [1.807, 2.05) is 36.4 Å². The lowest BCUT2D eigenvalue weighted by Crippen LogP contribution is -2.48. The standard InChI is InChI=1S/C25H31N3O4/c29-10-9-27-14-23-24(15-27)31-17-19-4-2-6-22(12-19)32-21-5-1-3-18(11-21)13-28(20-7-8-20)16-25(30)26-23/h1-6,11-12,20,23-24,29H,7-10,13-17H2,(H,26,30)/t23-,24-/m0/s1. The minimum Gasteiger partial charge on any atom is -0.457 e. The maximum Gasteiger partial charge on any atom is 0.234 e. The molecular formula is C25H31N3O4. The molecule has 2 aromatic carbocycles. The van der Waals surface area contributed by atoms with Crippen molar-refractivity contribution in [3.63, 3.8) is 0 Å². The number of nitrogens with zero attached hydrogens (tertiary/aromatic N) is 2. The van der Waals surface area contributed by atoms with Crippen molar-refractivity contribution in [2.45, 2.75) is 44.2 Å². The minimum atomic E-state index is -0.120. The predicted octanol–water partition coefficient (Wildman–Crippen LogP) is 2.13. The van der Waals surface area contributed by atoms with E-state index in [4.69, 9.17) is 9.47 Å². The fraction of sp³-hybridized carbons (Fsp3) is 0.480. The van der Waals surface area contributed by atoms with Crippen LogP contribution in [0.4, 0.5) is 0 Å². The highest BCUT2D eigenvalue weighted by Gasteiger charge is 2.36.